The van der Waals surface area contributed by atoms with E-state index in [1.165, 1.54) is 25.9 Å². The van der Waals surface area contributed by atoms with Crippen LogP contribution in [0.2, 0.25) is 0 Å². The van der Waals surface area contributed by atoms with Gasteiger partial charge in [-0.3, -0.25) is 0 Å². The quantitative estimate of drug-likeness (QED) is 0.670. The van der Waals surface area contributed by atoms with Crippen LogP contribution in [0.25, 0.3) is 0 Å². The number of carbonyl (C=O) groups is 1. The van der Waals surface area contributed by atoms with Crippen LogP contribution < -0.4 is 15.4 Å². The molecule has 7 heteroatoms. The number of nitrogens with one attached hydrogen (secondary N) is 2. The Labute approximate surface area is 173 Å². The summed E-state index contributed by atoms with van der Waals surface area (Å²) in [4.78, 5) is 19.5. The number of imidazole rings is 1. The van der Waals surface area contributed by atoms with Crippen molar-refractivity contribution in [1.29, 1.82) is 0 Å². The lowest BCUT2D eigenvalue weighted by Crippen LogP contribution is -2.41. The van der Waals surface area contributed by atoms with Gasteiger partial charge in [-0.2, -0.15) is 0 Å². The van der Waals surface area contributed by atoms with Crippen LogP contribution in [0.5, 0.6) is 5.75 Å². The van der Waals surface area contributed by atoms with Gasteiger partial charge in [-0.05, 0) is 62.5 Å². The molecule has 1 saturated heterocycles. The average molecular weight is 400 g/mol. The van der Waals surface area contributed by atoms with Crippen LogP contribution in [-0.4, -0.2) is 53.8 Å². The number of aromatic nitrogens is 2. The minimum Gasteiger partial charge on any atom is -0.497 e. The average Bonchev–Trinajstić information content (AvgIpc) is 3.16. The lowest BCUT2D eigenvalue weighted by molar-refractivity contribution is 0.190. The van der Waals surface area contributed by atoms with Gasteiger partial charge in [-0.1, -0.05) is 19.1 Å². The highest BCUT2D eigenvalue weighted by molar-refractivity contribution is 5.74. The van der Waals surface area contributed by atoms with Gasteiger partial charge in [0.15, 0.2) is 0 Å². The zero-order valence-electron chi connectivity index (χ0n) is 17.7. The maximum absolute atomic E-state index is 12.6. The van der Waals surface area contributed by atoms with Gasteiger partial charge in [-0.15, -0.1) is 0 Å². The Hall–Kier alpha value is -2.54. The molecule has 0 aliphatic carbocycles. The highest BCUT2D eigenvalue weighted by atomic mass is 16.5. The SMILES string of the molecule is COc1ccc(C(NC(=O)NCCCN2CCC(C)CC2)c2nccn2C)cc1. The molecule has 1 aromatic heterocycles. The lowest BCUT2D eigenvalue weighted by Gasteiger charge is -2.30. The van der Waals surface area contributed by atoms with E-state index in [1.807, 2.05) is 42.1 Å². The topological polar surface area (TPSA) is 71.4 Å². The van der Waals surface area contributed by atoms with E-state index in [4.69, 9.17) is 4.74 Å². The molecule has 0 radical (unpaired) electrons. The molecular weight excluding hydrogens is 366 g/mol. The summed E-state index contributed by atoms with van der Waals surface area (Å²) < 4.78 is 7.16. The third kappa shape index (κ3) is 5.97. The molecule has 29 heavy (non-hydrogen) atoms. The van der Waals surface area contributed by atoms with Gasteiger partial charge in [-0.25, -0.2) is 9.78 Å². The Morgan fingerprint density at radius 2 is 2.00 bits per heavy atom. The summed E-state index contributed by atoms with van der Waals surface area (Å²) in [6.45, 7) is 6.37. The number of aryl methyl sites for hydroxylation is 1. The van der Waals surface area contributed by atoms with Gasteiger partial charge < -0.3 is 24.8 Å². The van der Waals surface area contributed by atoms with Crippen molar-refractivity contribution in [3.8, 4) is 5.75 Å². The molecule has 3 rings (SSSR count). The van der Waals surface area contributed by atoms with E-state index in [0.717, 1.165) is 36.0 Å². The van der Waals surface area contributed by atoms with Crippen LogP contribution >= 0.6 is 0 Å². The molecule has 0 saturated carbocycles. The van der Waals surface area contributed by atoms with Crippen LogP contribution in [0.1, 0.15) is 43.6 Å². The third-order valence-corrected chi connectivity index (χ3v) is 5.65. The van der Waals surface area contributed by atoms with E-state index in [2.05, 4.69) is 27.4 Å². The first-order valence-electron chi connectivity index (χ1n) is 10.4. The maximum Gasteiger partial charge on any atom is 0.315 e. The van der Waals surface area contributed by atoms with Crippen molar-refractivity contribution in [3.63, 3.8) is 0 Å². The zero-order chi connectivity index (χ0) is 20.6. The highest BCUT2D eigenvalue weighted by Gasteiger charge is 2.21. The van der Waals surface area contributed by atoms with E-state index in [0.29, 0.717) is 6.54 Å². The minimum atomic E-state index is -0.329. The molecule has 7 nitrogen and oxygen atoms in total. The number of benzene rings is 1. The molecule has 1 aliphatic heterocycles. The first-order valence-corrected chi connectivity index (χ1v) is 10.4. The second kappa shape index (κ2) is 10.3. The highest BCUT2D eigenvalue weighted by Crippen LogP contribution is 2.23. The Balaban J connectivity index is 1.53. The first kappa shape index (κ1) is 21.2. The normalized spacial score (nSPS) is 16.4. The zero-order valence-corrected chi connectivity index (χ0v) is 17.7. The smallest absolute Gasteiger partial charge is 0.315 e. The van der Waals surface area contributed by atoms with Crippen molar-refractivity contribution in [3.05, 3.63) is 48.0 Å². The van der Waals surface area contributed by atoms with E-state index in [-0.39, 0.29) is 12.1 Å². The molecule has 1 atom stereocenters. The largest absolute Gasteiger partial charge is 0.497 e. The predicted octanol–water partition coefficient (Wildman–Crippen LogP) is 2.94. The summed E-state index contributed by atoms with van der Waals surface area (Å²) in [6, 6.07) is 7.19. The number of amides is 2. The van der Waals surface area contributed by atoms with Crippen LogP contribution in [-0.2, 0) is 7.05 Å². The number of nitrogens with zero attached hydrogens (tertiary/aromatic N) is 3. The second-order valence-corrected chi connectivity index (χ2v) is 7.88. The van der Waals surface area contributed by atoms with Crippen LogP contribution in [0.15, 0.2) is 36.7 Å². The fourth-order valence-corrected chi connectivity index (χ4v) is 3.72. The summed E-state index contributed by atoms with van der Waals surface area (Å²) in [5.74, 6) is 2.41. The van der Waals surface area contributed by atoms with Gasteiger partial charge in [0.2, 0.25) is 0 Å². The van der Waals surface area contributed by atoms with E-state index < -0.39 is 0 Å². The molecule has 158 valence electrons. The van der Waals surface area contributed by atoms with E-state index >= 15 is 0 Å². The summed E-state index contributed by atoms with van der Waals surface area (Å²) in [7, 11) is 3.57. The van der Waals surface area contributed by atoms with Gasteiger partial charge in [0.25, 0.3) is 0 Å². The summed E-state index contributed by atoms with van der Waals surface area (Å²) in [6.07, 6.45) is 7.13. The molecule has 0 spiro atoms. The van der Waals surface area contributed by atoms with E-state index in [9.17, 15) is 4.79 Å². The van der Waals surface area contributed by atoms with Crippen molar-refractivity contribution in [2.75, 3.05) is 33.3 Å². The number of methoxy groups -OCH3 is 1. The molecule has 1 aromatic carbocycles. The van der Waals surface area contributed by atoms with Crippen molar-refractivity contribution in [2.45, 2.75) is 32.2 Å². The maximum atomic E-state index is 12.6. The number of hydrogen-bond acceptors (Lipinski definition) is 4. The molecule has 1 aliphatic rings. The summed E-state index contributed by atoms with van der Waals surface area (Å²) in [5.41, 5.74) is 0.956. The number of likely N-dealkylation sites (tertiary alicyclic amines) is 1. The van der Waals surface area contributed by atoms with Crippen LogP contribution in [0.4, 0.5) is 4.79 Å². The Bertz CT molecular complexity index is 766. The molecule has 2 amide bonds. The van der Waals surface area contributed by atoms with Gasteiger partial charge in [0.05, 0.1) is 7.11 Å². The second-order valence-electron chi connectivity index (χ2n) is 7.88. The third-order valence-electron chi connectivity index (χ3n) is 5.65. The molecule has 2 aromatic rings. The number of hydrogen-bond donors (Lipinski definition) is 2. The fraction of sp³-hybridized carbons (Fsp3) is 0.545. The van der Waals surface area contributed by atoms with Crippen molar-refractivity contribution >= 4 is 6.03 Å². The molecule has 2 N–H and O–H groups in total. The lowest BCUT2D eigenvalue weighted by atomic mass is 9.99. The van der Waals surface area contributed by atoms with E-state index in [1.54, 1.807) is 13.3 Å². The Morgan fingerprint density at radius 3 is 2.62 bits per heavy atom. The molecule has 2 heterocycles. The molecule has 1 fully saturated rings. The summed E-state index contributed by atoms with van der Waals surface area (Å²) in [5, 5.41) is 6.07. The standard InChI is InChI=1S/C22H33N5O2/c1-17-9-14-27(15-10-17)13-4-11-24-22(28)25-20(21-23-12-16-26(21)2)18-5-7-19(29-3)8-6-18/h5-8,12,16-17,20H,4,9-11,13-15H2,1-3H3,(H2,24,25,28). The fourth-order valence-electron chi connectivity index (χ4n) is 3.72. The van der Waals surface area contributed by atoms with Gasteiger partial charge >= 0.3 is 6.03 Å². The Morgan fingerprint density at radius 1 is 1.28 bits per heavy atom. The minimum absolute atomic E-state index is 0.180. The Kier molecular flexibility index (Phi) is 7.52. The predicted molar refractivity (Wildman–Crippen MR) is 114 cm³/mol. The van der Waals surface area contributed by atoms with Crippen LogP contribution in [0, 0.1) is 5.92 Å². The van der Waals surface area contributed by atoms with Crippen LogP contribution in [0.3, 0.4) is 0 Å². The molecule has 0 bridgehead atoms. The molecular formula is C22H33N5O2. The van der Waals surface area contributed by atoms with Crippen molar-refractivity contribution < 1.29 is 9.53 Å². The number of piperidine rings is 1. The van der Waals surface area contributed by atoms with Gasteiger partial charge in [0, 0.05) is 26.0 Å². The number of ether oxygens (including phenoxy) is 1. The number of rotatable bonds is 8. The monoisotopic (exact) mass is 399 g/mol. The van der Waals surface area contributed by atoms with Gasteiger partial charge in [0.1, 0.15) is 17.6 Å². The number of carbonyl (C=O) groups excluding carboxylic acids is 1. The first-order chi connectivity index (χ1) is 14.1. The number of urea groups is 1. The summed E-state index contributed by atoms with van der Waals surface area (Å²) >= 11 is 0. The molecule has 1 unspecified atom stereocenters. The van der Waals surface area contributed by atoms with Crippen molar-refractivity contribution in [1.82, 2.24) is 25.1 Å². The van der Waals surface area contributed by atoms with Crippen molar-refractivity contribution in [2.24, 2.45) is 13.0 Å².